The molecule has 1 saturated heterocycles. The molecule has 0 bridgehead atoms. The van der Waals surface area contributed by atoms with Gasteiger partial charge in [0.05, 0.1) is 19.3 Å². The highest BCUT2D eigenvalue weighted by molar-refractivity contribution is 5.66. The van der Waals surface area contributed by atoms with E-state index in [1.807, 2.05) is 30.3 Å². The molecule has 0 aliphatic carbocycles. The summed E-state index contributed by atoms with van der Waals surface area (Å²) in [6.07, 6.45) is -4.34. The van der Waals surface area contributed by atoms with E-state index in [0.717, 1.165) is 5.56 Å². The van der Waals surface area contributed by atoms with Crippen LogP contribution >= 0.6 is 0 Å². The van der Waals surface area contributed by atoms with Crippen LogP contribution in [0.25, 0.3) is 0 Å². The van der Waals surface area contributed by atoms with E-state index in [1.165, 1.54) is 6.92 Å². The second kappa shape index (κ2) is 7.67. The second-order valence-corrected chi connectivity index (χ2v) is 5.40. The van der Waals surface area contributed by atoms with Gasteiger partial charge in [0.1, 0.15) is 6.10 Å². The maximum Gasteiger partial charge on any atom is 0.303 e. The van der Waals surface area contributed by atoms with E-state index in [2.05, 4.69) is 0 Å². The van der Waals surface area contributed by atoms with Crippen LogP contribution < -0.4 is 0 Å². The van der Waals surface area contributed by atoms with Crippen molar-refractivity contribution in [3.8, 4) is 0 Å². The minimum absolute atomic E-state index is 0.262. The smallest absolute Gasteiger partial charge is 0.303 e. The highest BCUT2D eigenvalue weighted by Gasteiger charge is 2.46. The molecule has 0 aromatic heterocycles. The zero-order valence-electron chi connectivity index (χ0n) is 12.6. The molecule has 1 heterocycles. The van der Waals surface area contributed by atoms with Crippen LogP contribution in [0.4, 0.5) is 4.39 Å². The lowest BCUT2D eigenvalue weighted by molar-refractivity contribution is -0.262. The van der Waals surface area contributed by atoms with E-state index in [4.69, 9.17) is 14.2 Å². The third kappa shape index (κ3) is 4.03. The number of benzene rings is 1. The summed E-state index contributed by atoms with van der Waals surface area (Å²) in [5.41, 5.74) is 0.929. The number of ether oxygens (including phenoxy) is 3. The van der Waals surface area contributed by atoms with Gasteiger partial charge in [-0.25, -0.2) is 4.39 Å². The molecular formula is C16H21FO5. The third-order valence-corrected chi connectivity index (χ3v) is 3.76. The molecule has 0 saturated carbocycles. The van der Waals surface area contributed by atoms with Gasteiger partial charge in [0, 0.05) is 12.8 Å². The molecule has 5 nitrogen and oxygen atoms in total. The van der Waals surface area contributed by atoms with Crippen LogP contribution in [0, 0.1) is 5.92 Å². The first-order chi connectivity index (χ1) is 10.5. The number of rotatable bonds is 5. The van der Waals surface area contributed by atoms with E-state index in [0.29, 0.717) is 0 Å². The molecule has 2 rings (SSSR count). The number of hydrogen-bond donors (Lipinski definition) is 1. The van der Waals surface area contributed by atoms with E-state index in [9.17, 15) is 14.3 Å². The summed E-state index contributed by atoms with van der Waals surface area (Å²) >= 11 is 0. The summed E-state index contributed by atoms with van der Waals surface area (Å²) in [6.45, 7) is 2.93. The first-order valence-corrected chi connectivity index (χ1v) is 7.26. The Bertz CT molecular complexity index is 481. The van der Waals surface area contributed by atoms with E-state index in [-0.39, 0.29) is 19.1 Å². The van der Waals surface area contributed by atoms with Crippen molar-refractivity contribution in [1.82, 2.24) is 0 Å². The summed E-state index contributed by atoms with van der Waals surface area (Å²) in [5.74, 6) is -0.913. The van der Waals surface area contributed by atoms with Crippen LogP contribution in [0.5, 0.6) is 0 Å². The Morgan fingerprint density at radius 1 is 1.32 bits per heavy atom. The number of alkyl halides is 1. The van der Waals surface area contributed by atoms with Crippen LogP contribution in [-0.4, -0.2) is 42.4 Å². The predicted molar refractivity (Wildman–Crippen MR) is 76.6 cm³/mol. The van der Waals surface area contributed by atoms with Crippen molar-refractivity contribution in [2.45, 2.75) is 45.1 Å². The van der Waals surface area contributed by atoms with E-state index in [1.54, 1.807) is 6.92 Å². The van der Waals surface area contributed by atoms with Gasteiger partial charge in [0.25, 0.3) is 0 Å². The first kappa shape index (κ1) is 16.9. The van der Waals surface area contributed by atoms with Crippen molar-refractivity contribution < 1.29 is 28.5 Å². The average Bonchev–Trinajstić information content (AvgIpc) is 2.50. The third-order valence-electron chi connectivity index (χ3n) is 3.76. The lowest BCUT2D eigenvalue weighted by atomic mass is 9.91. The molecule has 0 radical (unpaired) electrons. The molecule has 6 heteroatoms. The fraction of sp³-hybridized carbons (Fsp3) is 0.562. The maximum absolute atomic E-state index is 14.1. The predicted octanol–water partition coefficient (Wildman–Crippen LogP) is 1.83. The topological polar surface area (TPSA) is 65.0 Å². The van der Waals surface area contributed by atoms with Gasteiger partial charge in [-0.2, -0.15) is 0 Å². The number of esters is 1. The monoisotopic (exact) mass is 312 g/mol. The zero-order chi connectivity index (χ0) is 16.1. The number of carbonyl (C=O) groups is 1. The Hall–Kier alpha value is -1.50. The number of halogens is 1. The van der Waals surface area contributed by atoms with Gasteiger partial charge in [-0.05, 0) is 5.56 Å². The fourth-order valence-electron chi connectivity index (χ4n) is 2.56. The van der Waals surface area contributed by atoms with Crippen molar-refractivity contribution in [1.29, 1.82) is 0 Å². The molecule has 0 spiro atoms. The molecule has 1 aromatic rings. The highest BCUT2D eigenvalue weighted by atomic mass is 19.1. The highest BCUT2D eigenvalue weighted by Crippen LogP contribution is 2.31. The molecule has 3 unspecified atom stereocenters. The Morgan fingerprint density at radius 3 is 2.59 bits per heavy atom. The Labute approximate surface area is 129 Å². The molecule has 1 aromatic carbocycles. The van der Waals surface area contributed by atoms with Gasteiger partial charge in [-0.15, -0.1) is 0 Å². The van der Waals surface area contributed by atoms with Gasteiger partial charge < -0.3 is 19.3 Å². The van der Waals surface area contributed by atoms with Gasteiger partial charge in [-0.3, -0.25) is 4.79 Å². The lowest BCUT2D eigenvalue weighted by Crippen LogP contribution is -2.55. The number of aliphatic hydroxyl groups is 1. The molecular weight excluding hydrogens is 291 g/mol. The van der Waals surface area contributed by atoms with Crippen molar-refractivity contribution >= 4 is 5.97 Å². The van der Waals surface area contributed by atoms with Crippen LogP contribution in [0.15, 0.2) is 30.3 Å². The summed E-state index contributed by atoms with van der Waals surface area (Å²) in [6, 6.07) is 9.43. The largest absolute Gasteiger partial charge is 0.454 e. The second-order valence-electron chi connectivity index (χ2n) is 5.40. The summed E-state index contributed by atoms with van der Waals surface area (Å²) in [5, 5.41) is 9.30. The van der Waals surface area contributed by atoms with Gasteiger partial charge in [0.15, 0.2) is 6.10 Å². The molecule has 0 amide bonds. The van der Waals surface area contributed by atoms with Crippen LogP contribution in [-0.2, 0) is 25.6 Å². The molecule has 5 atom stereocenters. The molecule has 22 heavy (non-hydrogen) atoms. The average molecular weight is 312 g/mol. The summed E-state index contributed by atoms with van der Waals surface area (Å²) in [4.78, 5) is 11.2. The van der Waals surface area contributed by atoms with Crippen molar-refractivity contribution in [2.24, 2.45) is 5.92 Å². The lowest BCUT2D eigenvalue weighted by Gasteiger charge is -2.41. The molecule has 1 N–H and O–H groups in total. The Morgan fingerprint density at radius 2 is 2.00 bits per heavy atom. The van der Waals surface area contributed by atoms with Gasteiger partial charge >= 0.3 is 5.97 Å². The minimum Gasteiger partial charge on any atom is -0.454 e. The normalized spacial score (nSPS) is 31.7. The Kier molecular flexibility index (Phi) is 5.88. The van der Waals surface area contributed by atoms with Crippen LogP contribution in [0.1, 0.15) is 19.4 Å². The SMILES string of the molecule is CC(=O)OC1C(OCc2ccccc2)[C@H](C)C(CO)O[C@@H]1F. The maximum atomic E-state index is 14.1. The summed E-state index contributed by atoms with van der Waals surface area (Å²) < 4.78 is 30.0. The van der Waals surface area contributed by atoms with Crippen molar-refractivity contribution in [2.75, 3.05) is 6.61 Å². The van der Waals surface area contributed by atoms with Crippen molar-refractivity contribution in [3.63, 3.8) is 0 Å². The Balaban J connectivity index is 2.10. The number of aliphatic hydroxyl groups excluding tert-OH is 1. The van der Waals surface area contributed by atoms with E-state index < -0.39 is 30.6 Å². The summed E-state index contributed by atoms with van der Waals surface area (Å²) in [7, 11) is 0. The standard InChI is InChI=1S/C16H21FO5/c1-10-13(8-18)22-16(17)15(21-11(2)19)14(10)20-9-12-6-4-3-5-7-12/h3-7,10,13-16,18H,8-9H2,1-2H3/t10-,13?,14?,15?,16+/m1/s1. The number of carbonyl (C=O) groups excluding carboxylic acids is 1. The van der Waals surface area contributed by atoms with Gasteiger partial charge in [-0.1, -0.05) is 37.3 Å². The molecule has 1 aliphatic rings. The molecule has 1 fully saturated rings. The number of hydrogen-bond acceptors (Lipinski definition) is 5. The quantitative estimate of drug-likeness (QED) is 0.840. The minimum atomic E-state index is -1.82. The van der Waals surface area contributed by atoms with Crippen molar-refractivity contribution in [3.05, 3.63) is 35.9 Å². The van der Waals surface area contributed by atoms with Crippen LogP contribution in [0.2, 0.25) is 0 Å². The van der Waals surface area contributed by atoms with Gasteiger partial charge in [0.2, 0.25) is 6.36 Å². The zero-order valence-corrected chi connectivity index (χ0v) is 12.6. The molecule has 122 valence electrons. The van der Waals surface area contributed by atoms with E-state index >= 15 is 0 Å². The fourth-order valence-corrected chi connectivity index (χ4v) is 2.56. The first-order valence-electron chi connectivity index (χ1n) is 7.26. The van der Waals surface area contributed by atoms with Crippen LogP contribution in [0.3, 0.4) is 0 Å². The molecule has 1 aliphatic heterocycles.